The van der Waals surface area contributed by atoms with Crippen LogP contribution in [0.1, 0.15) is 16.0 Å². The average Bonchev–Trinajstić information content (AvgIpc) is 2.39. The van der Waals surface area contributed by atoms with Gasteiger partial charge in [-0.1, -0.05) is 40.2 Å². The molecule has 2 rings (SSSR count). The molecule has 0 amide bonds. The Balaban J connectivity index is 2.28. The molecule has 0 aliphatic rings. The van der Waals surface area contributed by atoms with Crippen molar-refractivity contribution in [2.45, 2.75) is 11.2 Å². The van der Waals surface area contributed by atoms with Crippen molar-refractivity contribution in [1.29, 1.82) is 0 Å². The Hall–Kier alpha value is -1.36. The Morgan fingerprint density at radius 3 is 2.21 bits per heavy atom. The molecule has 0 fully saturated rings. The molecule has 0 aliphatic carbocycles. The molecule has 2 aromatic carbocycles. The number of hydrogen-bond acceptors (Lipinski definition) is 0. The van der Waals surface area contributed by atoms with E-state index in [0.717, 1.165) is 12.1 Å². The van der Waals surface area contributed by atoms with E-state index in [1.165, 1.54) is 6.07 Å². The van der Waals surface area contributed by atoms with Crippen LogP contribution in [0.2, 0.25) is 0 Å². The summed E-state index contributed by atoms with van der Waals surface area (Å²) in [6.07, 6.45) is 0.134. The molecule has 100 valence electrons. The van der Waals surface area contributed by atoms with Crippen LogP contribution in [0.25, 0.3) is 0 Å². The minimum absolute atomic E-state index is 0.0397. The molecule has 0 bridgehead atoms. The fraction of sp³-hybridized carbons (Fsp3) is 0.143. The van der Waals surface area contributed by atoms with Crippen LogP contribution in [0.5, 0.6) is 0 Å². The maximum absolute atomic E-state index is 13.6. The van der Waals surface area contributed by atoms with Crippen molar-refractivity contribution in [1.82, 2.24) is 0 Å². The minimum Gasteiger partial charge on any atom is -0.207 e. The van der Waals surface area contributed by atoms with Crippen LogP contribution in [0.3, 0.4) is 0 Å². The van der Waals surface area contributed by atoms with Gasteiger partial charge in [0.05, 0.1) is 0 Å². The van der Waals surface area contributed by atoms with Gasteiger partial charge in [-0.2, -0.15) is 0 Å². The highest BCUT2D eigenvalue weighted by Gasteiger charge is 2.20. The van der Waals surface area contributed by atoms with E-state index in [0.29, 0.717) is 5.56 Å². The summed E-state index contributed by atoms with van der Waals surface area (Å²) in [6.45, 7) is 0. The normalized spacial score (nSPS) is 12.5. The Morgan fingerprint density at radius 2 is 1.53 bits per heavy atom. The van der Waals surface area contributed by atoms with Crippen LogP contribution < -0.4 is 0 Å². The van der Waals surface area contributed by atoms with Gasteiger partial charge in [0, 0.05) is 10.4 Å². The number of alkyl halides is 1. The molecule has 0 nitrogen and oxygen atoms in total. The first-order valence-corrected chi connectivity index (χ1v) is 6.43. The van der Waals surface area contributed by atoms with Crippen LogP contribution in [0, 0.1) is 23.3 Å². The largest absolute Gasteiger partial charge is 0.207 e. The van der Waals surface area contributed by atoms with E-state index >= 15 is 0 Å². The monoisotopic (exact) mass is 332 g/mol. The third kappa shape index (κ3) is 2.97. The molecule has 0 aliphatic heterocycles. The summed E-state index contributed by atoms with van der Waals surface area (Å²) in [7, 11) is 0. The summed E-state index contributed by atoms with van der Waals surface area (Å²) in [5.74, 6) is -4.43. The molecule has 0 radical (unpaired) electrons. The summed E-state index contributed by atoms with van der Waals surface area (Å²) >= 11 is 3.17. The maximum Gasteiger partial charge on any atom is 0.194 e. The van der Waals surface area contributed by atoms with Crippen molar-refractivity contribution in [2.24, 2.45) is 0 Å². The zero-order chi connectivity index (χ0) is 14.0. The van der Waals surface area contributed by atoms with Crippen LogP contribution in [-0.4, -0.2) is 0 Å². The van der Waals surface area contributed by atoms with E-state index in [2.05, 4.69) is 15.9 Å². The number of benzene rings is 2. The third-order valence-electron chi connectivity index (χ3n) is 2.76. The first-order valence-electron chi connectivity index (χ1n) is 5.51. The highest BCUT2D eigenvalue weighted by Crippen LogP contribution is 2.31. The second-order valence-corrected chi connectivity index (χ2v) is 5.13. The lowest BCUT2D eigenvalue weighted by molar-refractivity contribution is 0.440. The number of halogens is 5. The van der Waals surface area contributed by atoms with E-state index in [4.69, 9.17) is 0 Å². The van der Waals surface area contributed by atoms with Crippen molar-refractivity contribution in [2.75, 3.05) is 0 Å². The summed E-state index contributed by atoms with van der Waals surface area (Å²) in [4.78, 5) is -0.639. The van der Waals surface area contributed by atoms with Crippen molar-refractivity contribution in [3.63, 3.8) is 0 Å². The molecular weight excluding hydrogens is 324 g/mol. The lowest BCUT2D eigenvalue weighted by Crippen LogP contribution is -2.03. The van der Waals surface area contributed by atoms with E-state index in [1.54, 1.807) is 18.2 Å². The van der Waals surface area contributed by atoms with Gasteiger partial charge < -0.3 is 0 Å². The predicted molar refractivity (Wildman–Crippen MR) is 68.1 cm³/mol. The molecule has 1 unspecified atom stereocenters. The molecule has 19 heavy (non-hydrogen) atoms. The van der Waals surface area contributed by atoms with E-state index in [1.807, 2.05) is 0 Å². The first-order chi connectivity index (χ1) is 9.00. The van der Waals surface area contributed by atoms with Gasteiger partial charge in [0.15, 0.2) is 17.5 Å². The topological polar surface area (TPSA) is 0 Å². The predicted octanol–water partition coefficient (Wildman–Crippen LogP) is 4.92. The number of rotatable bonds is 3. The van der Waals surface area contributed by atoms with E-state index in [9.17, 15) is 17.6 Å². The molecule has 5 heteroatoms. The Morgan fingerprint density at radius 1 is 0.842 bits per heavy atom. The summed E-state index contributed by atoms with van der Waals surface area (Å²) in [5.41, 5.74) is 0.329. The number of hydrogen-bond donors (Lipinski definition) is 0. The molecule has 0 saturated heterocycles. The molecule has 2 aromatic rings. The summed E-state index contributed by atoms with van der Waals surface area (Å²) in [6, 6.07) is 8.04. The lowest BCUT2D eigenvalue weighted by atomic mass is 10.0. The van der Waals surface area contributed by atoms with Crippen molar-refractivity contribution >= 4 is 15.9 Å². The summed E-state index contributed by atoms with van der Waals surface area (Å²) < 4.78 is 53.0. The third-order valence-corrected chi connectivity index (χ3v) is 3.58. The highest BCUT2D eigenvalue weighted by atomic mass is 79.9. The Bertz CT molecular complexity index is 598. The SMILES string of the molecule is Fc1ccccc1CC(Br)c1ccc(F)c(F)c1F. The smallest absolute Gasteiger partial charge is 0.194 e. The molecule has 0 aromatic heterocycles. The fourth-order valence-corrected chi connectivity index (χ4v) is 2.45. The van der Waals surface area contributed by atoms with Crippen molar-refractivity contribution in [3.8, 4) is 0 Å². The van der Waals surface area contributed by atoms with Gasteiger partial charge in [-0.05, 0) is 24.1 Å². The minimum atomic E-state index is -1.52. The molecule has 0 N–H and O–H groups in total. The molecule has 1 atom stereocenters. The first kappa shape index (κ1) is 14.1. The Labute approximate surface area is 116 Å². The standard InChI is InChI=1S/C14H9BrF4/c15-10(7-8-3-1-2-4-11(8)16)9-5-6-12(17)14(19)13(9)18/h1-6,10H,7H2. The average molecular weight is 333 g/mol. The van der Waals surface area contributed by atoms with Gasteiger partial charge in [0.1, 0.15) is 5.82 Å². The second-order valence-electron chi connectivity index (χ2n) is 4.03. The van der Waals surface area contributed by atoms with E-state index in [-0.39, 0.29) is 12.0 Å². The van der Waals surface area contributed by atoms with Gasteiger partial charge in [0.25, 0.3) is 0 Å². The quantitative estimate of drug-likeness (QED) is 0.425. The second kappa shape index (κ2) is 5.74. The van der Waals surface area contributed by atoms with E-state index < -0.39 is 28.1 Å². The van der Waals surface area contributed by atoms with Crippen molar-refractivity contribution in [3.05, 3.63) is 70.8 Å². The van der Waals surface area contributed by atoms with Crippen LogP contribution in [0.4, 0.5) is 17.6 Å². The molecule has 0 heterocycles. The van der Waals surface area contributed by atoms with Gasteiger partial charge in [-0.3, -0.25) is 0 Å². The van der Waals surface area contributed by atoms with Gasteiger partial charge in [0.2, 0.25) is 0 Å². The zero-order valence-corrected chi connectivity index (χ0v) is 11.2. The highest BCUT2D eigenvalue weighted by molar-refractivity contribution is 9.09. The van der Waals surface area contributed by atoms with Crippen LogP contribution >= 0.6 is 15.9 Å². The van der Waals surface area contributed by atoms with Gasteiger partial charge in [-0.15, -0.1) is 0 Å². The van der Waals surface area contributed by atoms with Crippen LogP contribution in [0.15, 0.2) is 36.4 Å². The zero-order valence-electron chi connectivity index (χ0n) is 9.64. The van der Waals surface area contributed by atoms with Gasteiger partial charge in [-0.25, -0.2) is 17.6 Å². The lowest BCUT2D eigenvalue weighted by Gasteiger charge is -2.12. The maximum atomic E-state index is 13.6. The Kier molecular flexibility index (Phi) is 4.24. The molecule has 0 saturated carbocycles. The molecular formula is C14H9BrF4. The van der Waals surface area contributed by atoms with Crippen molar-refractivity contribution < 1.29 is 17.6 Å². The van der Waals surface area contributed by atoms with Crippen LogP contribution in [-0.2, 0) is 6.42 Å². The fourth-order valence-electron chi connectivity index (χ4n) is 1.75. The van der Waals surface area contributed by atoms with Gasteiger partial charge >= 0.3 is 0 Å². The summed E-state index contributed by atoms with van der Waals surface area (Å²) in [5, 5.41) is 0. The molecule has 0 spiro atoms.